The molecule has 0 unspecified atom stereocenters. The van der Waals surface area contributed by atoms with E-state index in [0.717, 1.165) is 37.8 Å². The van der Waals surface area contributed by atoms with E-state index in [-0.39, 0.29) is 5.91 Å². The van der Waals surface area contributed by atoms with Crippen molar-refractivity contribution in [2.45, 2.75) is 0 Å². The molecule has 1 aromatic carbocycles. The lowest BCUT2D eigenvalue weighted by atomic mass is 10.2. The maximum atomic E-state index is 12.7. The Morgan fingerprint density at radius 2 is 1.66 bits per heavy atom. The van der Waals surface area contributed by atoms with Gasteiger partial charge in [0.05, 0.1) is 12.8 Å². The fraction of sp³-hybridized carbons (Fsp3) is 0.238. The Balaban J connectivity index is 1.43. The molecular formula is C21H22N6O2. The third-order valence-corrected chi connectivity index (χ3v) is 4.81. The molecule has 1 amide bonds. The van der Waals surface area contributed by atoms with Crippen LogP contribution < -0.4 is 19.9 Å². The number of carbonyl (C=O) groups is 1. The van der Waals surface area contributed by atoms with Gasteiger partial charge in [-0.05, 0) is 30.3 Å². The Morgan fingerprint density at radius 1 is 0.931 bits per heavy atom. The molecular weight excluding hydrogens is 368 g/mol. The quantitative estimate of drug-likeness (QED) is 0.716. The van der Waals surface area contributed by atoms with Crippen molar-refractivity contribution in [3.05, 3.63) is 66.7 Å². The zero-order valence-corrected chi connectivity index (χ0v) is 16.2. The van der Waals surface area contributed by atoms with E-state index in [9.17, 15) is 4.79 Å². The van der Waals surface area contributed by atoms with Crippen LogP contribution >= 0.6 is 0 Å². The molecule has 3 heterocycles. The second-order valence-electron chi connectivity index (χ2n) is 6.58. The molecule has 1 aliphatic rings. The summed E-state index contributed by atoms with van der Waals surface area (Å²) in [5, 5.41) is 2.87. The molecule has 0 radical (unpaired) electrons. The molecule has 1 saturated heterocycles. The van der Waals surface area contributed by atoms with Gasteiger partial charge in [0.15, 0.2) is 0 Å². The van der Waals surface area contributed by atoms with E-state index < -0.39 is 0 Å². The van der Waals surface area contributed by atoms with Crippen LogP contribution in [0.2, 0.25) is 0 Å². The van der Waals surface area contributed by atoms with Crippen LogP contribution in [0.25, 0.3) is 0 Å². The number of benzene rings is 1. The lowest BCUT2D eigenvalue weighted by molar-refractivity contribution is 0.102. The van der Waals surface area contributed by atoms with Crippen molar-refractivity contribution in [3.8, 4) is 5.75 Å². The van der Waals surface area contributed by atoms with Gasteiger partial charge in [-0.1, -0.05) is 12.1 Å². The van der Waals surface area contributed by atoms with Gasteiger partial charge < -0.3 is 19.9 Å². The number of anilines is 3. The summed E-state index contributed by atoms with van der Waals surface area (Å²) in [6, 6.07) is 12.9. The first kappa shape index (κ1) is 18.7. The van der Waals surface area contributed by atoms with Crippen LogP contribution in [0.3, 0.4) is 0 Å². The minimum absolute atomic E-state index is 0.271. The van der Waals surface area contributed by atoms with E-state index in [4.69, 9.17) is 4.74 Å². The molecule has 0 saturated carbocycles. The van der Waals surface area contributed by atoms with Gasteiger partial charge in [0.2, 0.25) is 5.95 Å². The van der Waals surface area contributed by atoms with Crippen molar-refractivity contribution >= 4 is 23.2 Å². The highest BCUT2D eigenvalue weighted by atomic mass is 16.5. The monoisotopic (exact) mass is 390 g/mol. The first-order valence-electron chi connectivity index (χ1n) is 9.42. The van der Waals surface area contributed by atoms with Crippen molar-refractivity contribution in [2.75, 3.05) is 48.4 Å². The van der Waals surface area contributed by atoms with Crippen molar-refractivity contribution in [1.82, 2.24) is 15.0 Å². The minimum Gasteiger partial charge on any atom is -0.495 e. The van der Waals surface area contributed by atoms with Crippen molar-refractivity contribution in [3.63, 3.8) is 0 Å². The standard InChI is InChI=1S/C21H22N6O2/c1-29-19-6-3-2-5-17(19)25-20(28)18-15-16(7-10-22-18)26-11-13-27(14-12-26)21-23-8-4-9-24-21/h2-10,15H,11-14H2,1H3,(H,25,28). The predicted molar refractivity (Wildman–Crippen MR) is 112 cm³/mol. The molecule has 148 valence electrons. The Bertz CT molecular complexity index is 974. The Hall–Kier alpha value is -3.68. The lowest BCUT2D eigenvalue weighted by Crippen LogP contribution is -2.47. The molecule has 4 rings (SSSR count). The summed E-state index contributed by atoms with van der Waals surface area (Å²) in [7, 11) is 1.57. The number of hydrogen-bond acceptors (Lipinski definition) is 7. The summed E-state index contributed by atoms with van der Waals surface area (Å²) in [4.78, 5) is 29.9. The number of rotatable bonds is 5. The number of amides is 1. The molecule has 3 aromatic rings. The van der Waals surface area contributed by atoms with Gasteiger partial charge in [0, 0.05) is 50.5 Å². The third kappa shape index (κ3) is 4.26. The molecule has 1 aliphatic heterocycles. The number of nitrogens with one attached hydrogen (secondary N) is 1. The minimum atomic E-state index is -0.271. The van der Waals surface area contributed by atoms with Gasteiger partial charge in [-0.15, -0.1) is 0 Å². The SMILES string of the molecule is COc1ccccc1NC(=O)c1cc(N2CCN(c3ncccn3)CC2)ccn1. The molecule has 1 fully saturated rings. The predicted octanol–water partition coefficient (Wildman–Crippen LogP) is 2.46. The summed E-state index contributed by atoms with van der Waals surface area (Å²) in [5.41, 5.74) is 1.95. The number of methoxy groups -OCH3 is 1. The van der Waals surface area contributed by atoms with Gasteiger partial charge in [-0.25, -0.2) is 9.97 Å². The Morgan fingerprint density at radius 3 is 2.41 bits per heavy atom. The normalized spacial score (nSPS) is 13.8. The first-order chi connectivity index (χ1) is 14.2. The summed E-state index contributed by atoms with van der Waals surface area (Å²) in [6.45, 7) is 3.26. The van der Waals surface area contributed by atoms with Gasteiger partial charge in [0.1, 0.15) is 11.4 Å². The number of nitrogens with zero attached hydrogens (tertiary/aromatic N) is 5. The number of pyridine rings is 1. The fourth-order valence-electron chi connectivity index (χ4n) is 3.29. The van der Waals surface area contributed by atoms with Gasteiger partial charge in [-0.2, -0.15) is 0 Å². The van der Waals surface area contributed by atoms with E-state index >= 15 is 0 Å². The third-order valence-electron chi connectivity index (χ3n) is 4.81. The average Bonchev–Trinajstić information content (AvgIpc) is 2.80. The molecule has 8 nitrogen and oxygen atoms in total. The smallest absolute Gasteiger partial charge is 0.274 e. The number of para-hydroxylation sites is 2. The van der Waals surface area contributed by atoms with Crippen molar-refractivity contribution in [1.29, 1.82) is 0 Å². The summed E-state index contributed by atoms with van der Waals surface area (Å²) in [6.07, 6.45) is 5.17. The van der Waals surface area contributed by atoms with Gasteiger partial charge >= 0.3 is 0 Å². The molecule has 0 atom stereocenters. The number of piperazine rings is 1. The highest BCUT2D eigenvalue weighted by Gasteiger charge is 2.20. The van der Waals surface area contributed by atoms with Crippen LogP contribution in [0.1, 0.15) is 10.5 Å². The molecule has 29 heavy (non-hydrogen) atoms. The summed E-state index contributed by atoms with van der Waals surface area (Å²) >= 11 is 0. The topological polar surface area (TPSA) is 83.5 Å². The average molecular weight is 390 g/mol. The second-order valence-corrected chi connectivity index (χ2v) is 6.58. The summed E-state index contributed by atoms with van der Waals surface area (Å²) in [5.74, 6) is 1.09. The highest BCUT2D eigenvalue weighted by Crippen LogP contribution is 2.24. The van der Waals surface area contributed by atoms with E-state index in [1.165, 1.54) is 0 Å². The zero-order chi connectivity index (χ0) is 20.1. The van der Waals surface area contributed by atoms with Crippen LogP contribution in [-0.4, -0.2) is 54.1 Å². The maximum Gasteiger partial charge on any atom is 0.274 e. The zero-order valence-electron chi connectivity index (χ0n) is 16.2. The van der Waals surface area contributed by atoms with Crippen LogP contribution in [-0.2, 0) is 0 Å². The molecule has 0 aliphatic carbocycles. The number of ether oxygens (including phenoxy) is 1. The molecule has 1 N–H and O–H groups in total. The van der Waals surface area contributed by atoms with Crippen LogP contribution in [0.4, 0.5) is 17.3 Å². The van der Waals surface area contributed by atoms with E-state index in [2.05, 4.69) is 30.1 Å². The highest BCUT2D eigenvalue weighted by molar-refractivity contribution is 6.04. The fourth-order valence-corrected chi connectivity index (χ4v) is 3.29. The Labute approximate surface area is 169 Å². The number of hydrogen-bond donors (Lipinski definition) is 1. The largest absolute Gasteiger partial charge is 0.495 e. The van der Waals surface area contributed by atoms with Gasteiger partial charge in [-0.3, -0.25) is 9.78 Å². The number of carbonyl (C=O) groups excluding carboxylic acids is 1. The van der Waals surface area contributed by atoms with E-state index in [1.807, 2.05) is 30.3 Å². The van der Waals surface area contributed by atoms with Crippen molar-refractivity contribution < 1.29 is 9.53 Å². The molecule has 8 heteroatoms. The number of aromatic nitrogens is 3. The summed E-state index contributed by atoms with van der Waals surface area (Å²) < 4.78 is 5.29. The molecule has 2 aromatic heterocycles. The second kappa shape index (κ2) is 8.55. The van der Waals surface area contributed by atoms with Crippen LogP contribution in [0, 0.1) is 0 Å². The maximum absolute atomic E-state index is 12.7. The van der Waals surface area contributed by atoms with Crippen LogP contribution in [0.5, 0.6) is 5.75 Å². The van der Waals surface area contributed by atoms with E-state index in [0.29, 0.717) is 17.1 Å². The van der Waals surface area contributed by atoms with Gasteiger partial charge in [0.25, 0.3) is 5.91 Å². The lowest BCUT2D eigenvalue weighted by Gasteiger charge is -2.36. The van der Waals surface area contributed by atoms with Crippen LogP contribution in [0.15, 0.2) is 61.1 Å². The molecule has 0 bridgehead atoms. The Kier molecular flexibility index (Phi) is 5.51. The molecule has 0 spiro atoms. The van der Waals surface area contributed by atoms with Crippen molar-refractivity contribution in [2.24, 2.45) is 0 Å². The van der Waals surface area contributed by atoms with E-state index in [1.54, 1.807) is 37.8 Å². The first-order valence-corrected chi connectivity index (χ1v) is 9.42.